The molecule has 1 aliphatic carbocycles. The second-order valence-electron chi connectivity index (χ2n) is 5.54. The molecule has 1 atom stereocenters. The van der Waals surface area contributed by atoms with Crippen molar-refractivity contribution in [3.8, 4) is 0 Å². The molecule has 1 N–H and O–H groups in total. The van der Waals surface area contributed by atoms with E-state index in [1.807, 2.05) is 0 Å². The number of carbonyl (C=O) groups is 1. The fraction of sp³-hybridized carbons (Fsp3) is 0.786. The molecule has 0 spiro atoms. The van der Waals surface area contributed by atoms with E-state index in [1.165, 1.54) is 12.8 Å². The van der Waals surface area contributed by atoms with Crippen LogP contribution in [0.5, 0.6) is 0 Å². The predicted octanol–water partition coefficient (Wildman–Crippen LogP) is 2.69. The van der Waals surface area contributed by atoms with Gasteiger partial charge in [0, 0.05) is 12.0 Å². The van der Waals surface area contributed by atoms with Crippen molar-refractivity contribution in [2.24, 2.45) is 11.3 Å². The van der Waals surface area contributed by atoms with E-state index >= 15 is 0 Å². The number of hydrogen-bond donors (Lipinski definition) is 1. The molecule has 0 aromatic carbocycles. The van der Waals surface area contributed by atoms with E-state index in [9.17, 15) is 4.79 Å². The highest BCUT2D eigenvalue weighted by atomic mass is 16.1. The standard InChI is InChI=1S/C14H23NO/c1-11(2)14(8-9-15-10-14)13(16)12-6-4-3-5-7-12/h6,11,15H,3-5,7-10H2,1-2H3. The van der Waals surface area contributed by atoms with Crippen LogP contribution in [-0.4, -0.2) is 18.9 Å². The van der Waals surface area contributed by atoms with Gasteiger partial charge in [-0.05, 0) is 50.1 Å². The summed E-state index contributed by atoms with van der Waals surface area (Å²) in [7, 11) is 0. The van der Waals surface area contributed by atoms with Gasteiger partial charge in [0.05, 0.1) is 0 Å². The van der Waals surface area contributed by atoms with Gasteiger partial charge in [0.25, 0.3) is 0 Å². The Labute approximate surface area is 98.5 Å². The van der Waals surface area contributed by atoms with Gasteiger partial charge in [0.15, 0.2) is 5.78 Å². The Morgan fingerprint density at radius 2 is 2.25 bits per heavy atom. The fourth-order valence-corrected chi connectivity index (χ4v) is 3.02. The van der Waals surface area contributed by atoms with Gasteiger partial charge in [-0.25, -0.2) is 0 Å². The van der Waals surface area contributed by atoms with Crippen molar-refractivity contribution in [2.75, 3.05) is 13.1 Å². The molecule has 2 heteroatoms. The molecular weight excluding hydrogens is 198 g/mol. The first-order valence-corrected chi connectivity index (χ1v) is 6.61. The third-order valence-electron chi connectivity index (χ3n) is 4.33. The van der Waals surface area contributed by atoms with Crippen LogP contribution < -0.4 is 5.32 Å². The lowest BCUT2D eigenvalue weighted by Crippen LogP contribution is -2.39. The number of rotatable bonds is 3. The Kier molecular flexibility index (Phi) is 3.48. The summed E-state index contributed by atoms with van der Waals surface area (Å²) >= 11 is 0. The molecule has 1 heterocycles. The Morgan fingerprint density at radius 1 is 1.44 bits per heavy atom. The number of ketones is 1. The van der Waals surface area contributed by atoms with Crippen LogP contribution in [-0.2, 0) is 4.79 Å². The summed E-state index contributed by atoms with van der Waals surface area (Å²) in [6.45, 7) is 6.25. The van der Waals surface area contributed by atoms with E-state index in [2.05, 4.69) is 25.2 Å². The van der Waals surface area contributed by atoms with Crippen LogP contribution in [0.3, 0.4) is 0 Å². The summed E-state index contributed by atoms with van der Waals surface area (Å²) in [6.07, 6.45) is 7.76. The van der Waals surface area contributed by atoms with Crippen LogP contribution in [0.25, 0.3) is 0 Å². The highest BCUT2D eigenvalue weighted by Gasteiger charge is 2.44. The molecule has 0 amide bonds. The second-order valence-corrected chi connectivity index (χ2v) is 5.54. The van der Waals surface area contributed by atoms with Gasteiger partial charge in [-0.2, -0.15) is 0 Å². The highest BCUT2D eigenvalue weighted by molar-refractivity contribution is 6.00. The minimum atomic E-state index is -0.108. The highest BCUT2D eigenvalue weighted by Crippen LogP contribution is 2.39. The minimum Gasteiger partial charge on any atom is -0.316 e. The molecule has 0 bridgehead atoms. The first-order chi connectivity index (χ1) is 7.67. The SMILES string of the molecule is CC(C)C1(C(=O)C2=CCCCC2)CCNC1. The molecule has 0 saturated carbocycles. The van der Waals surface area contributed by atoms with E-state index < -0.39 is 0 Å². The molecular formula is C14H23NO. The van der Waals surface area contributed by atoms with Crippen molar-refractivity contribution in [2.45, 2.75) is 46.0 Å². The third kappa shape index (κ3) is 1.95. The molecule has 90 valence electrons. The Hall–Kier alpha value is -0.630. The van der Waals surface area contributed by atoms with Gasteiger partial charge in [-0.1, -0.05) is 19.9 Å². The Bertz CT molecular complexity index is 298. The van der Waals surface area contributed by atoms with Crippen LogP contribution in [0.4, 0.5) is 0 Å². The van der Waals surface area contributed by atoms with Gasteiger partial charge >= 0.3 is 0 Å². The maximum Gasteiger partial charge on any atom is 0.166 e. The van der Waals surface area contributed by atoms with Crippen LogP contribution >= 0.6 is 0 Å². The smallest absolute Gasteiger partial charge is 0.166 e. The summed E-state index contributed by atoms with van der Waals surface area (Å²) in [4.78, 5) is 12.7. The van der Waals surface area contributed by atoms with Crippen LogP contribution in [0, 0.1) is 11.3 Å². The van der Waals surface area contributed by atoms with Gasteiger partial charge < -0.3 is 5.32 Å². The molecule has 1 aliphatic heterocycles. The number of carbonyl (C=O) groups excluding carboxylic acids is 1. The van der Waals surface area contributed by atoms with Crippen molar-refractivity contribution >= 4 is 5.78 Å². The number of nitrogens with one attached hydrogen (secondary N) is 1. The first kappa shape index (κ1) is 11.8. The molecule has 2 rings (SSSR count). The summed E-state index contributed by atoms with van der Waals surface area (Å²) in [6, 6.07) is 0. The zero-order chi connectivity index (χ0) is 11.6. The lowest BCUT2D eigenvalue weighted by molar-refractivity contribution is -0.126. The summed E-state index contributed by atoms with van der Waals surface area (Å²) in [5.74, 6) is 0.880. The monoisotopic (exact) mass is 221 g/mol. The van der Waals surface area contributed by atoms with Crippen molar-refractivity contribution in [3.05, 3.63) is 11.6 Å². The molecule has 0 aromatic heterocycles. The van der Waals surface area contributed by atoms with Crippen LogP contribution in [0.1, 0.15) is 46.0 Å². The van der Waals surface area contributed by atoms with Gasteiger partial charge in [-0.3, -0.25) is 4.79 Å². The van der Waals surface area contributed by atoms with Crippen molar-refractivity contribution in [1.82, 2.24) is 5.32 Å². The van der Waals surface area contributed by atoms with Crippen molar-refractivity contribution in [1.29, 1.82) is 0 Å². The Balaban J connectivity index is 2.20. The number of Topliss-reactive ketones (excluding diaryl/α,β-unsaturated/α-hetero) is 1. The zero-order valence-corrected chi connectivity index (χ0v) is 10.5. The molecule has 2 aliphatic rings. The van der Waals surface area contributed by atoms with Crippen molar-refractivity contribution < 1.29 is 4.79 Å². The largest absolute Gasteiger partial charge is 0.316 e. The van der Waals surface area contributed by atoms with Crippen molar-refractivity contribution in [3.63, 3.8) is 0 Å². The lowest BCUT2D eigenvalue weighted by atomic mass is 9.69. The van der Waals surface area contributed by atoms with E-state index in [0.717, 1.165) is 37.9 Å². The molecule has 0 aromatic rings. The summed E-state index contributed by atoms with van der Waals surface area (Å²) < 4.78 is 0. The first-order valence-electron chi connectivity index (χ1n) is 6.61. The summed E-state index contributed by atoms with van der Waals surface area (Å²) in [5, 5.41) is 3.37. The second kappa shape index (κ2) is 4.70. The normalized spacial score (nSPS) is 30.6. The molecule has 1 fully saturated rings. The maximum atomic E-state index is 12.7. The average Bonchev–Trinajstić information content (AvgIpc) is 2.79. The van der Waals surface area contributed by atoms with E-state index in [4.69, 9.17) is 0 Å². The van der Waals surface area contributed by atoms with Gasteiger partial charge in [0.2, 0.25) is 0 Å². The molecule has 16 heavy (non-hydrogen) atoms. The third-order valence-corrected chi connectivity index (χ3v) is 4.33. The fourth-order valence-electron chi connectivity index (χ4n) is 3.02. The maximum absolute atomic E-state index is 12.7. The topological polar surface area (TPSA) is 29.1 Å². The van der Waals surface area contributed by atoms with Crippen LogP contribution in [0.15, 0.2) is 11.6 Å². The lowest BCUT2D eigenvalue weighted by Gasteiger charge is -2.32. The van der Waals surface area contributed by atoms with E-state index in [1.54, 1.807) is 0 Å². The van der Waals surface area contributed by atoms with Gasteiger partial charge in [0.1, 0.15) is 0 Å². The molecule has 1 saturated heterocycles. The summed E-state index contributed by atoms with van der Waals surface area (Å²) in [5.41, 5.74) is 1.01. The number of hydrogen-bond acceptors (Lipinski definition) is 2. The molecule has 1 unspecified atom stereocenters. The minimum absolute atomic E-state index is 0.108. The molecule has 2 nitrogen and oxygen atoms in total. The zero-order valence-electron chi connectivity index (χ0n) is 10.5. The predicted molar refractivity (Wildman–Crippen MR) is 66.3 cm³/mol. The average molecular weight is 221 g/mol. The van der Waals surface area contributed by atoms with Crippen LogP contribution in [0.2, 0.25) is 0 Å². The number of allylic oxidation sites excluding steroid dienone is 2. The quantitative estimate of drug-likeness (QED) is 0.794. The van der Waals surface area contributed by atoms with E-state index in [-0.39, 0.29) is 5.41 Å². The molecule has 0 radical (unpaired) electrons. The Morgan fingerprint density at radius 3 is 2.75 bits per heavy atom. The van der Waals surface area contributed by atoms with Gasteiger partial charge in [-0.15, -0.1) is 0 Å². The van der Waals surface area contributed by atoms with E-state index in [0.29, 0.717) is 11.7 Å².